The molecule has 0 aliphatic carbocycles. The predicted octanol–water partition coefficient (Wildman–Crippen LogP) is 2.93. The first-order chi connectivity index (χ1) is 8.45. The van der Waals surface area contributed by atoms with E-state index in [-0.39, 0.29) is 12.4 Å². The molecule has 1 aromatic carbocycles. The molecule has 1 unspecified atom stereocenters. The van der Waals surface area contributed by atoms with Crippen LogP contribution in [0, 0.1) is 12.3 Å². The second-order valence-corrected chi connectivity index (χ2v) is 4.32. The van der Waals surface area contributed by atoms with Gasteiger partial charge in [0.1, 0.15) is 5.41 Å². The Morgan fingerprint density at radius 1 is 1.33 bits per heavy atom. The van der Waals surface area contributed by atoms with Crippen molar-refractivity contribution in [1.82, 2.24) is 0 Å². The highest BCUT2D eigenvalue weighted by molar-refractivity contribution is 6.13. The van der Waals surface area contributed by atoms with Crippen LogP contribution in [0.3, 0.4) is 0 Å². The smallest absolute Gasteiger partial charge is 0.323 e. The van der Waals surface area contributed by atoms with Gasteiger partial charge in [-0.05, 0) is 20.8 Å². The van der Waals surface area contributed by atoms with Gasteiger partial charge in [-0.2, -0.15) is 0 Å². The topological polar surface area (TPSA) is 43.4 Å². The zero-order valence-corrected chi connectivity index (χ0v) is 11.0. The Hall–Kier alpha value is -1.90. The largest absolute Gasteiger partial charge is 0.465 e. The Bertz CT molecular complexity index is 459. The number of carbonyl (C=O) groups excluding carboxylic acids is 2. The molecule has 1 aromatic rings. The molecule has 0 aliphatic rings. The van der Waals surface area contributed by atoms with E-state index < -0.39 is 11.4 Å². The first-order valence-electron chi connectivity index (χ1n) is 5.88. The lowest BCUT2D eigenvalue weighted by Crippen LogP contribution is -2.36. The molecule has 3 heteroatoms. The van der Waals surface area contributed by atoms with Gasteiger partial charge in [0.2, 0.25) is 0 Å². The molecule has 1 atom stereocenters. The summed E-state index contributed by atoms with van der Waals surface area (Å²) in [7, 11) is 0. The first kappa shape index (κ1) is 14.2. The molecule has 0 amide bonds. The summed E-state index contributed by atoms with van der Waals surface area (Å²) in [5.74, 6) is -0.860. The van der Waals surface area contributed by atoms with Crippen molar-refractivity contribution in [1.29, 1.82) is 0 Å². The fraction of sp³-hybridized carbons (Fsp3) is 0.333. The highest BCUT2D eigenvalue weighted by Gasteiger charge is 2.39. The second-order valence-electron chi connectivity index (χ2n) is 4.32. The molecular weight excluding hydrogens is 228 g/mol. The third-order valence-electron chi connectivity index (χ3n) is 2.89. The highest BCUT2D eigenvalue weighted by Crippen LogP contribution is 2.26. The molecule has 96 valence electrons. The van der Waals surface area contributed by atoms with Gasteiger partial charge in [-0.1, -0.05) is 35.9 Å². The Morgan fingerprint density at radius 2 is 1.89 bits per heavy atom. The third kappa shape index (κ3) is 2.67. The number of ketones is 1. The molecule has 0 spiro atoms. The van der Waals surface area contributed by atoms with Gasteiger partial charge in [-0.25, -0.2) is 0 Å². The number of Topliss-reactive ketones (excluding diaryl/α,β-unsaturated/α-hetero) is 1. The number of ether oxygens (including phenoxy) is 1. The number of hydrogen-bond donors (Lipinski definition) is 0. The van der Waals surface area contributed by atoms with Crippen molar-refractivity contribution in [3.8, 4) is 0 Å². The maximum atomic E-state index is 12.4. The lowest BCUT2D eigenvalue weighted by Gasteiger charge is -2.21. The molecular formula is C15H18O3. The van der Waals surface area contributed by atoms with Gasteiger partial charge in [0.05, 0.1) is 6.61 Å². The van der Waals surface area contributed by atoms with E-state index in [4.69, 9.17) is 4.74 Å². The summed E-state index contributed by atoms with van der Waals surface area (Å²) >= 11 is 0. The lowest BCUT2D eigenvalue weighted by molar-refractivity contribution is -0.149. The standard InChI is InChI=1S/C15H18O3/c1-5-15(4,14(17)18-6-2)13(16)12-9-7-11(3)8-10-12/h5,7-10H,1,6H2,2-4H3. The molecule has 0 heterocycles. The minimum absolute atomic E-state index is 0.240. The summed E-state index contributed by atoms with van der Waals surface area (Å²) in [5, 5.41) is 0. The van der Waals surface area contributed by atoms with E-state index in [1.165, 1.54) is 13.0 Å². The molecule has 0 saturated carbocycles. The average Bonchev–Trinajstić information content (AvgIpc) is 2.38. The van der Waals surface area contributed by atoms with Crippen molar-refractivity contribution in [2.45, 2.75) is 20.8 Å². The zero-order chi connectivity index (χ0) is 13.8. The van der Waals surface area contributed by atoms with Gasteiger partial charge < -0.3 is 4.74 Å². The second kappa shape index (κ2) is 5.63. The van der Waals surface area contributed by atoms with Crippen LogP contribution in [0.5, 0.6) is 0 Å². The van der Waals surface area contributed by atoms with E-state index in [9.17, 15) is 9.59 Å². The van der Waals surface area contributed by atoms with Gasteiger partial charge in [0, 0.05) is 5.56 Å². The quantitative estimate of drug-likeness (QED) is 0.347. The van der Waals surface area contributed by atoms with Crippen LogP contribution in [-0.2, 0) is 9.53 Å². The van der Waals surface area contributed by atoms with Crippen molar-refractivity contribution in [3.05, 3.63) is 48.0 Å². The SMILES string of the molecule is C=CC(C)(C(=O)OCC)C(=O)c1ccc(C)cc1. The van der Waals surface area contributed by atoms with E-state index in [0.717, 1.165) is 5.56 Å². The van der Waals surface area contributed by atoms with Crippen molar-refractivity contribution >= 4 is 11.8 Å². The number of esters is 1. The third-order valence-corrected chi connectivity index (χ3v) is 2.89. The maximum Gasteiger partial charge on any atom is 0.323 e. The minimum atomic E-state index is -1.33. The van der Waals surface area contributed by atoms with Crippen molar-refractivity contribution in [2.75, 3.05) is 6.61 Å². The van der Waals surface area contributed by atoms with Crippen LogP contribution in [0.15, 0.2) is 36.9 Å². The Balaban J connectivity index is 3.08. The summed E-state index contributed by atoms with van der Waals surface area (Å²) in [6.07, 6.45) is 1.34. The van der Waals surface area contributed by atoms with Crippen LogP contribution in [-0.4, -0.2) is 18.4 Å². The van der Waals surface area contributed by atoms with Crippen LogP contribution in [0.4, 0.5) is 0 Å². The normalized spacial score (nSPS) is 13.5. The molecule has 0 aliphatic heterocycles. The van der Waals surface area contributed by atoms with Crippen LogP contribution in [0.2, 0.25) is 0 Å². The summed E-state index contributed by atoms with van der Waals surface area (Å²) in [6.45, 7) is 8.99. The summed E-state index contributed by atoms with van der Waals surface area (Å²) in [6, 6.07) is 7.08. The summed E-state index contributed by atoms with van der Waals surface area (Å²) in [4.78, 5) is 24.2. The lowest BCUT2D eigenvalue weighted by atomic mass is 9.82. The van der Waals surface area contributed by atoms with Gasteiger partial charge in [0.25, 0.3) is 0 Å². The fourth-order valence-corrected chi connectivity index (χ4v) is 1.55. The van der Waals surface area contributed by atoms with Crippen LogP contribution in [0.25, 0.3) is 0 Å². The minimum Gasteiger partial charge on any atom is -0.465 e. The number of rotatable bonds is 5. The monoisotopic (exact) mass is 246 g/mol. The molecule has 1 rings (SSSR count). The van der Waals surface area contributed by atoms with E-state index in [0.29, 0.717) is 5.56 Å². The van der Waals surface area contributed by atoms with Crippen LogP contribution < -0.4 is 0 Å². The van der Waals surface area contributed by atoms with Crippen LogP contribution in [0.1, 0.15) is 29.8 Å². The van der Waals surface area contributed by atoms with E-state index in [1.54, 1.807) is 19.1 Å². The Labute approximate surface area is 107 Å². The molecule has 0 fully saturated rings. The number of benzene rings is 1. The van der Waals surface area contributed by atoms with Gasteiger partial charge in [0.15, 0.2) is 5.78 Å². The molecule has 3 nitrogen and oxygen atoms in total. The maximum absolute atomic E-state index is 12.4. The Kier molecular flexibility index (Phi) is 4.43. The first-order valence-corrected chi connectivity index (χ1v) is 5.88. The fourth-order valence-electron chi connectivity index (χ4n) is 1.55. The van der Waals surface area contributed by atoms with Gasteiger partial charge in [-0.3, -0.25) is 9.59 Å². The van der Waals surface area contributed by atoms with Gasteiger partial charge >= 0.3 is 5.97 Å². The van der Waals surface area contributed by atoms with Crippen molar-refractivity contribution in [2.24, 2.45) is 5.41 Å². The summed E-state index contributed by atoms with van der Waals surface area (Å²) in [5.41, 5.74) is 0.213. The highest BCUT2D eigenvalue weighted by atomic mass is 16.5. The predicted molar refractivity (Wildman–Crippen MR) is 70.4 cm³/mol. The molecule has 18 heavy (non-hydrogen) atoms. The van der Waals surface area contributed by atoms with E-state index in [1.807, 2.05) is 19.1 Å². The molecule has 0 saturated heterocycles. The van der Waals surface area contributed by atoms with E-state index in [2.05, 4.69) is 6.58 Å². The Morgan fingerprint density at radius 3 is 2.33 bits per heavy atom. The van der Waals surface area contributed by atoms with Gasteiger partial charge in [-0.15, -0.1) is 6.58 Å². The molecule has 0 aromatic heterocycles. The molecule has 0 bridgehead atoms. The number of carbonyl (C=O) groups is 2. The number of hydrogen-bond acceptors (Lipinski definition) is 3. The van der Waals surface area contributed by atoms with Crippen LogP contribution >= 0.6 is 0 Å². The number of aryl methyl sites for hydroxylation is 1. The summed E-state index contributed by atoms with van der Waals surface area (Å²) < 4.78 is 4.93. The average molecular weight is 246 g/mol. The molecule has 0 N–H and O–H groups in total. The van der Waals surface area contributed by atoms with Crippen molar-refractivity contribution < 1.29 is 14.3 Å². The van der Waals surface area contributed by atoms with Crippen molar-refractivity contribution in [3.63, 3.8) is 0 Å². The zero-order valence-electron chi connectivity index (χ0n) is 11.0. The van der Waals surface area contributed by atoms with E-state index >= 15 is 0 Å². The molecule has 0 radical (unpaired) electrons.